The van der Waals surface area contributed by atoms with Crippen molar-refractivity contribution in [2.45, 2.75) is 6.42 Å². The summed E-state index contributed by atoms with van der Waals surface area (Å²) in [5.74, 6) is 0.351. The number of imidazole rings is 1. The lowest BCUT2D eigenvalue weighted by Gasteiger charge is -2.24. The van der Waals surface area contributed by atoms with Crippen molar-refractivity contribution in [1.82, 2.24) is 9.97 Å². The molecule has 1 aliphatic rings. The Morgan fingerprint density at radius 3 is 2.88 bits per heavy atom. The minimum Gasteiger partial charge on any atom is -0.492 e. The first kappa shape index (κ1) is 14.8. The predicted octanol–water partition coefficient (Wildman–Crippen LogP) is 2.70. The molecular weight excluding hydrogens is 330 g/mol. The molecule has 1 amide bonds. The molecule has 0 spiro atoms. The van der Waals surface area contributed by atoms with Crippen LogP contribution in [0.2, 0.25) is 5.02 Å². The number of nitrogens with one attached hydrogen (secondary N) is 3. The lowest BCUT2D eigenvalue weighted by Crippen LogP contribution is -2.32. The van der Waals surface area contributed by atoms with Gasteiger partial charge >= 0.3 is 5.69 Å². The summed E-state index contributed by atoms with van der Waals surface area (Å²) in [6, 6.07) is 10.6. The molecule has 0 radical (unpaired) electrons. The van der Waals surface area contributed by atoms with E-state index in [4.69, 9.17) is 16.3 Å². The van der Waals surface area contributed by atoms with Crippen molar-refractivity contribution < 1.29 is 9.53 Å². The van der Waals surface area contributed by atoms with E-state index in [1.165, 1.54) is 0 Å². The Labute approximate surface area is 141 Å². The molecule has 7 heteroatoms. The quantitative estimate of drug-likeness (QED) is 0.668. The lowest BCUT2D eigenvalue weighted by molar-refractivity contribution is -0.121. The average Bonchev–Trinajstić information content (AvgIpc) is 2.93. The van der Waals surface area contributed by atoms with Crippen molar-refractivity contribution in [2.75, 3.05) is 11.9 Å². The molecule has 4 rings (SSSR count). The number of rotatable bonds is 2. The van der Waals surface area contributed by atoms with Crippen LogP contribution in [0.1, 0.15) is 5.56 Å². The molecule has 1 atom stereocenters. The van der Waals surface area contributed by atoms with Gasteiger partial charge in [0.15, 0.2) is 0 Å². The maximum atomic E-state index is 12.5. The van der Waals surface area contributed by atoms with Gasteiger partial charge in [0.2, 0.25) is 5.91 Å². The van der Waals surface area contributed by atoms with Gasteiger partial charge < -0.3 is 20.0 Å². The lowest BCUT2D eigenvalue weighted by atomic mass is 9.96. The number of fused-ring (bicyclic) bond motifs is 2. The third-order valence-electron chi connectivity index (χ3n) is 4.08. The molecule has 3 aromatic rings. The summed E-state index contributed by atoms with van der Waals surface area (Å²) in [6.07, 6.45) is 0.574. The second-order valence-corrected chi connectivity index (χ2v) is 6.23. The molecule has 2 aromatic carbocycles. The topological polar surface area (TPSA) is 87.0 Å². The fourth-order valence-electron chi connectivity index (χ4n) is 2.89. The van der Waals surface area contributed by atoms with Crippen molar-refractivity contribution in [2.24, 2.45) is 5.92 Å². The van der Waals surface area contributed by atoms with E-state index in [0.29, 0.717) is 34.8 Å². The fourth-order valence-corrected chi connectivity index (χ4v) is 3.08. The van der Waals surface area contributed by atoms with Crippen molar-refractivity contribution in [3.05, 3.63) is 57.5 Å². The Morgan fingerprint density at radius 2 is 2.00 bits per heavy atom. The third-order valence-corrected chi connectivity index (χ3v) is 4.32. The highest BCUT2D eigenvalue weighted by Gasteiger charge is 2.26. The number of aromatic amines is 2. The summed E-state index contributed by atoms with van der Waals surface area (Å²) >= 11 is 6.00. The zero-order chi connectivity index (χ0) is 16.7. The van der Waals surface area contributed by atoms with Gasteiger partial charge in [0.1, 0.15) is 12.4 Å². The molecule has 6 nitrogen and oxygen atoms in total. The monoisotopic (exact) mass is 343 g/mol. The number of benzene rings is 2. The molecule has 2 heterocycles. The number of amides is 1. The first-order valence-corrected chi connectivity index (χ1v) is 7.90. The van der Waals surface area contributed by atoms with E-state index in [9.17, 15) is 9.59 Å². The van der Waals surface area contributed by atoms with E-state index in [1.54, 1.807) is 24.3 Å². The number of hydrogen-bond donors (Lipinski definition) is 3. The minimum atomic E-state index is -0.295. The van der Waals surface area contributed by atoms with Crippen LogP contribution in [0, 0.1) is 5.92 Å². The van der Waals surface area contributed by atoms with Crippen LogP contribution in [0.3, 0.4) is 0 Å². The van der Waals surface area contributed by atoms with Crippen molar-refractivity contribution in [1.29, 1.82) is 0 Å². The van der Waals surface area contributed by atoms with Gasteiger partial charge in [0.25, 0.3) is 0 Å². The Balaban J connectivity index is 1.52. The zero-order valence-corrected chi connectivity index (χ0v) is 13.3. The van der Waals surface area contributed by atoms with E-state index < -0.39 is 0 Å². The van der Waals surface area contributed by atoms with Crippen LogP contribution in [0.5, 0.6) is 5.75 Å². The number of carbonyl (C=O) groups excluding carboxylic acids is 1. The van der Waals surface area contributed by atoms with Crippen molar-refractivity contribution in [3.63, 3.8) is 0 Å². The first-order valence-electron chi connectivity index (χ1n) is 7.52. The van der Waals surface area contributed by atoms with Gasteiger partial charge in [-0.05, 0) is 48.4 Å². The minimum absolute atomic E-state index is 0.127. The van der Waals surface area contributed by atoms with E-state index in [0.717, 1.165) is 11.3 Å². The zero-order valence-electron chi connectivity index (χ0n) is 12.6. The molecule has 1 aliphatic heterocycles. The largest absolute Gasteiger partial charge is 0.492 e. The second-order valence-electron chi connectivity index (χ2n) is 5.79. The van der Waals surface area contributed by atoms with E-state index >= 15 is 0 Å². The Morgan fingerprint density at radius 1 is 1.17 bits per heavy atom. The Kier molecular flexibility index (Phi) is 3.54. The molecule has 0 fully saturated rings. The van der Waals surface area contributed by atoms with E-state index in [1.807, 2.05) is 12.1 Å². The fraction of sp³-hybridized carbons (Fsp3) is 0.176. The van der Waals surface area contributed by atoms with Gasteiger partial charge in [0.05, 0.1) is 17.0 Å². The Bertz CT molecular complexity index is 992. The maximum absolute atomic E-state index is 12.5. The summed E-state index contributed by atoms with van der Waals surface area (Å²) in [4.78, 5) is 29.1. The molecule has 0 aliphatic carbocycles. The van der Waals surface area contributed by atoms with Crippen LogP contribution >= 0.6 is 11.6 Å². The molecule has 0 saturated carbocycles. The van der Waals surface area contributed by atoms with Crippen LogP contribution < -0.4 is 15.7 Å². The van der Waals surface area contributed by atoms with Crippen LogP contribution in [0.4, 0.5) is 5.69 Å². The number of hydrogen-bond acceptors (Lipinski definition) is 3. The third kappa shape index (κ3) is 2.76. The number of ether oxygens (including phenoxy) is 1. The van der Waals surface area contributed by atoms with Gasteiger partial charge in [-0.3, -0.25) is 4.79 Å². The molecule has 122 valence electrons. The molecule has 3 N–H and O–H groups in total. The molecule has 0 saturated heterocycles. The van der Waals surface area contributed by atoms with Gasteiger partial charge in [-0.15, -0.1) is 0 Å². The van der Waals surface area contributed by atoms with Crippen LogP contribution in [-0.4, -0.2) is 22.5 Å². The van der Waals surface area contributed by atoms with Crippen molar-refractivity contribution >= 4 is 34.2 Å². The van der Waals surface area contributed by atoms with Gasteiger partial charge in [-0.2, -0.15) is 0 Å². The van der Waals surface area contributed by atoms with Crippen molar-refractivity contribution in [3.8, 4) is 5.75 Å². The van der Waals surface area contributed by atoms with Crippen LogP contribution in [-0.2, 0) is 11.2 Å². The SMILES string of the molecule is O=C(Nc1ccc2[nH]c(=O)[nH]c2c1)[C@H]1COc2ccc(Cl)cc2C1. The summed E-state index contributed by atoms with van der Waals surface area (Å²) in [7, 11) is 0. The number of halogens is 1. The number of aromatic nitrogens is 2. The number of carbonyl (C=O) groups is 1. The summed E-state index contributed by atoms with van der Waals surface area (Å²) in [5.41, 5.74) is 2.62. The first-order chi connectivity index (χ1) is 11.6. The summed E-state index contributed by atoms with van der Waals surface area (Å²) in [5, 5.41) is 3.50. The van der Waals surface area contributed by atoms with E-state index in [-0.39, 0.29) is 17.5 Å². The van der Waals surface area contributed by atoms with Crippen LogP contribution in [0.15, 0.2) is 41.2 Å². The second kappa shape index (κ2) is 5.72. The summed E-state index contributed by atoms with van der Waals surface area (Å²) < 4.78 is 5.65. The van der Waals surface area contributed by atoms with Gasteiger partial charge in [0, 0.05) is 10.7 Å². The Hall–Kier alpha value is -2.73. The summed E-state index contributed by atoms with van der Waals surface area (Å²) in [6.45, 7) is 0.323. The predicted molar refractivity (Wildman–Crippen MR) is 91.7 cm³/mol. The van der Waals surface area contributed by atoms with Gasteiger partial charge in [-0.1, -0.05) is 11.6 Å². The van der Waals surface area contributed by atoms with Gasteiger partial charge in [-0.25, -0.2) is 4.79 Å². The maximum Gasteiger partial charge on any atom is 0.323 e. The molecular formula is C17H14ClN3O3. The average molecular weight is 344 g/mol. The molecule has 24 heavy (non-hydrogen) atoms. The highest BCUT2D eigenvalue weighted by atomic mass is 35.5. The number of H-pyrrole nitrogens is 2. The highest BCUT2D eigenvalue weighted by molar-refractivity contribution is 6.30. The molecule has 0 bridgehead atoms. The standard InChI is InChI=1S/C17H14ClN3O3/c18-11-1-4-15-9(6-11)5-10(8-24-15)16(22)19-12-2-3-13-14(7-12)21-17(23)20-13/h1-4,6-7,10H,5,8H2,(H,19,22)(H2,20,21,23)/t10-/m1/s1. The highest BCUT2D eigenvalue weighted by Crippen LogP contribution is 2.30. The smallest absolute Gasteiger partial charge is 0.323 e. The van der Waals surface area contributed by atoms with E-state index in [2.05, 4.69) is 15.3 Å². The molecule has 1 aromatic heterocycles. The normalized spacial score (nSPS) is 16.5. The number of anilines is 1. The van der Waals surface area contributed by atoms with Crippen LogP contribution in [0.25, 0.3) is 11.0 Å². The molecule has 0 unspecified atom stereocenters.